The quantitative estimate of drug-likeness (QED) is 0.0372. The summed E-state index contributed by atoms with van der Waals surface area (Å²) in [6.07, 6.45) is 31.2. The Morgan fingerprint density at radius 2 is 0.688 bits per heavy atom. The maximum Gasteiger partial charge on any atom is 0.306 e. The first-order valence-electron chi connectivity index (χ1n) is 20.7. The van der Waals surface area contributed by atoms with E-state index in [0.29, 0.717) is 19.3 Å². The van der Waals surface area contributed by atoms with E-state index < -0.39 is 6.10 Å². The van der Waals surface area contributed by atoms with E-state index in [1.807, 2.05) is 0 Å². The monoisotopic (exact) mass is 681 g/mol. The molecule has 0 rings (SSSR count). The first-order chi connectivity index (χ1) is 23.2. The molecule has 6 heteroatoms. The predicted molar refractivity (Wildman–Crippen MR) is 201 cm³/mol. The molecule has 1 atom stereocenters. The molecule has 6 nitrogen and oxygen atoms in total. The van der Waals surface area contributed by atoms with Gasteiger partial charge in [0.15, 0.2) is 6.10 Å². The second-order valence-corrected chi connectivity index (χ2v) is 15.2. The molecule has 0 bridgehead atoms. The summed E-state index contributed by atoms with van der Waals surface area (Å²) in [5, 5.41) is 0. The van der Waals surface area contributed by atoms with E-state index >= 15 is 0 Å². The fourth-order valence-electron chi connectivity index (χ4n) is 6.05. The Labute approximate surface area is 298 Å². The van der Waals surface area contributed by atoms with Gasteiger partial charge in [0.2, 0.25) is 0 Å². The molecule has 0 unspecified atom stereocenters. The lowest BCUT2D eigenvalue weighted by Gasteiger charge is -2.18. The van der Waals surface area contributed by atoms with Crippen molar-refractivity contribution in [2.45, 2.75) is 227 Å². The normalized spacial score (nSPS) is 12.1. The van der Waals surface area contributed by atoms with E-state index in [9.17, 15) is 14.4 Å². The van der Waals surface area contributed by atoms with Crippen LogP contribution in [-0.4, -0.2) is 37.2 Å². The average Bonchev–Trinajstić information content (AvgIpc) is 3.04. The molecule has 0 aromatic carbocycles. The van der Waals surface area contributed by atoms with Crippen molar-refractivity contribution < 1.29 is 28.6 Å². The highest BCUT2D eigenvalue weighted by molar-refractivity contribution is 5.71. The number of carbonyl (C=O) groups excluding carboxylic acids is 3. The minimum Gasteiger partial charge on any atom is -0.462 e. The lowest BCUT2D eigenvalue weighted by atomic mass is 10.0. The van der Waals surface area contributed by atoms with Crippen LogP contribution in [0.5, 0.6) is 0 Å². The number of hydrogen-bond donors (Lipinski definition) is 0. The first-order valence-corrected chi connectivity index (χ1v) is 20.7. The SMILES string of the molecule is CCCCCCCC(=O)OC[C@@H](COC(=O)CCCCCCCCCC(C)C)OC(=O)CCCCCCCCCCCCCCC(C)C. The molecule has 0 aliphatic rings. The molecular formula is C42H80O6. The third-order valence-corrected chi connectivity index (χ3v) is 9.22. The van der Waals surface area contributed by atoms with E-state index in [1.165, 1.54) is 103 Å². The molecule has 0 heterocycles. The van der Waals surface area contributed by atoms with Crippen LogP contribution in [0.2, 0.25) is 0 Å². The number of esters is 3. The van der Waals surface area contributed by atoms with Crippen LogP contribution in [0.3, 0.4) is 0 Å². The lowest BCUT2D eigenvalue weighted by Crippen LogP contribution is -2.30. The zero-order chi connectivity index (χ0) is 35.5. The number of ether oxygens (including phenoxy) is 3. The van der Waals surface area contributed by atoms with Gasteiger partial charge < -0.3 is 14.2 Å². The van der Waals surface area contributed by atoms with Crippen molar-refractivity contribution >= 4 is 17.9 Å². The second-order valence-electron chi connectivity index (χ2n) is 15.2. The van der Waals surface area contributed by atoms with Crippen LogP contribution >= 0.6 is 0 Å². The van der Waals surface area contributed by atoms with E-state index in [4.69, 9.17) is 14.2 Å². The standard InChI is InChI=1S/C42H80O6/c1-6-7-8-20-27-32-40(43)46-35-39(36-47-41(44)33-28-23-19-15-17-22-26-31-38(4)5)48-42(45)34-29-24-18-14-12-10-9-11-13-16-21-25-30-37(2)3/h37-39H,6-36H2,1-5H3/t39-/m0/s1. The molecule has 0 spiro atoms. The summed E-state index contributed by atoms with van der Waals surface area (Å²) in [4.78, 5) is 37.3. The number of unbranched alkanes of at least 4 members (excludes halogenated alkanes) is 21. The highest BCUT2D eigenvalue weighted by Crippen LogP contribution is 2.16. The highest BCUT2D eigenvalue weighted by Gasteiger charge is 2.19. The minimum absolute atomic E-state index is 0.0673. The lowest BCUT2D eigenvalue weighted by molar-refractivity contribution is -0.167. The third kappa shape index (κ3) is 35.7. The maximum absolute atomic E-state index is 12.6. The van der Waals surface area contributed by atoms with Gasteiger partial charge in [-0.2, -0.15) is 0 Å². The zero-order valence-corrected chi connectivity index (χ0v) is 32.6. The molecule has 0 aliphatic heterocycles. The number of rotatable bonds is 36. The highest BCUT2D eigenvalue weighted by atomic mass is 16.6. The molecule has 0 fully saturated rings. The fraction of sp³-hybridized carbons (Fsp3) is 0.929. The molecule has 0 N–H and O–H groups in total. The minimum atomic E-state index is -0.758. The Hall–Kier alpha value is -1.59. The molecule has 0 saturated carbocycles. The molecule has 0 aromatic rings. The smallest absolute Gasteiger partial charge is 0.306 e. The summed E-state index contributed by atoms with van der Waals surface area (Å²) < 4.78 is 16.5. The van der Waals surface area contributed by atoms with Gasteiger partial charge in [0.05, 0.1) is 0 Å². The zero-order valence-electron chi connectivity index (χ0n) is 32.6. The predicted octanol–water partition coefficient (Wildman–Crippen LogP) is 12.6. The van der Waals surface area contributed by atoms with E-state index in [1.54, 1.807) is 0 Å². The largest absolute Gasteiger partial charge is 0.462 e. The molecule has 0 radical (unpaired) electrons. The van der Waals surface area contributed by atoms with E-state index in [0.717, 1.165) is 76.0 Å². The van der Waals surface area contributed by atoms with Gasteiger partial charge >= 0.3 is 17.9 Å². The molecular weight excluding hydrogens is 600 g/mol. The molecule has 0 aromatic heterocycles. The van der Waals surface area contributed by atoms with Crippen LogP contribution < -0.4 is 0 Å². The van der Waals surface area contributed by atoms with Gasteiger partial charge in [-0.1, -0.05) is 182 Å². The van der Waals surface area contributed by atoms with Gasteiger partial charge in [0.1, 0.15) is 13.2 Å². The Balaban J connectivity index is 4.22. The summed E-state index contributed by atoms with van der Waals surface area (Å²) in [7, 11) is 0. The Morgan fingerprint density at radius 1 is 0.396 bits per heavy atom. The van der Waals surface area contributed by atoms with Crippen LogP contribution in [0, 0.1) is 11.8 Å². The Bertz CT molecular complexity index is 734. The van der Waals surface area contributed by atoms with Crippen molar-refractivity contribution in [3.63, 3.8) is 0 Å². The van der Waals surface area contributed by atoms with Gasteiger partial charge in [-0.05, 0) is 31.1 Å². The number of carbonyl (C=O) groups is 3. The number of hydrogen-bond acceptors (Lipinski definition) is 6. The molecule has 48 heavy (non-hydrogen) atoms. The second kappa shape index (κ2) is 35.2. The van der Waals surface area contributed by atoms with Crippen LogP contribution in [0.25, 0.3) is 0 Å². The van der Waals surface area contributed by atoms with E-state index in [2.05, 4.69) is 34.6 Å². The van der Waals surface area contributed by atoms with Crippen molar-refractivity contribution in [1.29, 1.82) is 0 Å². The van der Waals surface area contributed by atoms with Crippen molar-refractivity contribution in [2.75, 3.05) is 13.2 Å². The summed E-state index contributed by atoms with van der Waals surface area (Å²) in [5.74, 6) is 0.735. The first kappa shape index (κ1) is 46.4. The van der Waals surface area contributed by atoms with Crippen molar-refractivity contribution in [2.24, 2.45) is 11.8 Å². The van der Waals surface area contributed by atoms with Gasteiger partial charge in [0, 0.05) is 19.3 Å². The Morgan fingerprint density at radius 3 is 1.02 bits per heavy atom. The van der Waals surface area contributed by atoms with Crippen molar-refractivity contribution in [1.82, 2.24) is 0 Å². The fourth-order valence-corrected chi connectivity index (χ4v) is 6.05. The van der Waals surface area contributed by atoms with Crippen LogP contribution in [-0.2, 0) is 28.6 Å². The summed E-state index contributed by atoms with van der Waals surface area (Å²) in [6.45, 7) is 11.2. The Kier molecular flexibility index (Phi) is 34.1. The molecule has 0 amide bonds. The summed E-state index contributed by atoms with van der Waals surface area (Å²) in [6, 6.07) is 0. The van der Waals surface area contributed by atoms with Gasteiger partial charge in [-0.15, -0.1) is 0 Å². The topological polar surface area (TPSA) is 78.9 Å². The van der Waals surface area contributed by atoms with Crippen LogP contribution in [0.15, 0.2) is 0 Å². The maximum atomic E-state index is 12.6. The van der Waals surface area contributed by atoms with Crippen molar-refractivity contribution in [3.8, 4) is 0 Å². The average molecular weight is 681 g/mol. The van der Waals surface area contributed by atoms with Crippen LogP contribution in [0.4, 0.5) is 0 Å². The van der Waals surface area contributed by atoms with Crippen molar-refractivity contribution in [3.05, 3.63) is 0 Å². The van der Waals surface area contributed by atoms with Gasteiger partial charge in [-0.3, -0.25) is 14.4 Å². The molecule has 0 saturated heterocycles. The third-order valence-electron chi connectivity index (χ3n) is 9.22. The molecule has 284 valence electrons. The van der Waals surface area contributed by atoms with Gasteiger partial charge in [-0.25, -0.2) is 0 Å². The van der Waals surface area contributed by atoms with Crippen LogP contribution in [0.1, 0.15) is 221 Å². The molecule has 0 aliphatic carbocycles. The van der Waals surface area contributed by atoms with Gasteiger partial charge in [0.25, 0.3) is 0 Å². The summed E-state index contributed by atoms with van der Waals surface area (Å²) in [5.41, 5.74) is 0. The summed E-state index contributed by atoms with van der Waals surface area (Å²) >= 11 is 0. The van der Waals surface area contributed by atoms with E-state index in [-0.39, 0.29) is 31.1 Å².